The van der Waals surface area contributed by atoms with Gasteiger partial charge in [-0.2, -0.15) is 0 Å². The van der Waals surface area contributed by atoms with Crippen LogP contribution >= 0.6 is 23.5 Å². The number of ether oxygens (including phenoxy) is 1. The molecular weight excluding hydrogens is 358 g/mol. The van der Waals surface area contributed by atoms with Crippen molar-refractivity contribution in [3.63, 3.8) is 0 Å². The zero-order chi connectivity index (χ0) is 17.6. The first-order chi connectivity index (χ1) is 12.2. The van der Waals surface area contributed by atoms with Gasteiger partial charge in [0.2, 0.25) is 5.91 Å². The predicted octanol–water partition coefficient (Wildman–Crippen LogP) is 2.28. The molecule has 7 nitrogen and oxygen atoms in total. The summed E-state index contributed by atoms with van der Waals surface area (Å²) in [7, 11) is 1.64. The van der Waals surface area contributed by atoms with Crippen molar-refractivity contribution in [3.8, 4) is 17.1 Å². The summed E-state index contributed by atoms with van der Waals surface area (Å²) in [6.07, 6.45) is 0. The molecule has 1 aromatic carbocycles. The third-order valence-electron chi connectivity index (χ3n) is 3.55. The number of carbonyl (C=O) groups is 1. The van der Waals surface area contributed by atoms with E-state index in [1.165, 1.54) is 11.8 Å². The summed E-state index contributed by atoms with van der Waals surface area (Å²) < 4.78 is 7.19. The maximum atomic E-state index is 12.0. The van der Waals surface area contributed by atoms with Crippen molar-refractivity contribution in [2.75, 3.05) is 25.2 Å². The molecule has 0 unspecified atom stereocenters. The number of carbonyl (C=O) groups excluding carboxylic acids is 1. The van der Waals surface area contributed by atoms with Gasteiger partial charge < -0.3 is 14.6 Å². The van der Waals surface area contributed by atoms with Crippen molar-refractivity contribution < 1.29 is 9.53 Å². The number of hydrogen-bond acceptors (Lipinski definition) is 7. The highest BCUT2D eigenvalue weighted by Crippen LogP contribution is 2.25. The zero-order valence-electron chi connectivity index (χ0n) is 14.1. The fourth-order valence-electron chi connectivity index (χ4n) is 2.33. The van der Waals surface area contributed by atoms with Gasteiger partial charge in [-0.15, -0.1) is 10.2 Å². The minimum Gasteiger partial charge on any atom is -0.497 e. The summed E-state index contributed by atoms with van der Waals surface area (Å²) in [5.41, 5.74) is 0.961. The Hall–Kier alpha value is -2.00. The Morgan fingerprint density at radius 3 is 2.80 bits per heavy atom. The Kier molecular flexibility index (Phi) is 5.98. The van der Waals surface area contributed by atoms with Crippen LogP contribution in [0.5, 0.6) is 5.75 Å². The van der Waals surface area contributed by atoms with E-state index in [2.05, 4.69) is 20.5 Å². The van der Waals surface area contributed by atoms with Crippen LogP contribution in [0.1, 0.15) is 6.92 Å². The zero-order valence-corrected chi connectivity index (χ0v) is 15.7. The van der Waals surface area contributed by atoms with Gasteiger partial charge in [0.25, 0.3) is 0 Å². The van der Waals surface area contributed by atoms with Gasteiger partial charge in [-0.25, -0.2) is 0 Å². The molecular formula is C16H19N5O2S2. The molecule has 0 atom stereocenters. The lowest BCUT2D eigenvalue weighted by atomic mass is 10.2. The van der Waals surface area contributed by atoms with Crippen molar-refractivity contribution in [1.82, 2.24) is 20.1 Å². The number of aliphatic imine (C=N–C) groups is 1. The molecule has 0 fully saturated rings. The normalized spacial score (nSPS) is 13.6. The Morgan fingerprint density at radius 2 is 2.16 bits per heavy atom. The molecule has 0 aliphatic carbocycles. The number of benzene rings is 1. The van der Waals surface area contributed by atoms with Crippen LogP contribution in [0.2, 0.25) is 0 Å². The minimum absolute atomic E-state index is 0.0743. The summed E-state index contributed by atoms with van der Waals surface area (Å²) in [5.74, 6) is 2.71. The first kappa shape index (κ1) is 17.8. The Labute approximate surface area is 154 Å². The van der Waals surface area contributed by atoms with Crippen LogP contribution < -0.4 is 10.1 Å². The molecule has 1 aromatic heterocycles. The topological polar surface area (TPSA) is 81.4 Å². The first-order valence-electron chi connectivity index (χ1n) is 7.88. The molecule has 2 heterocycles. The largest absolute Gasteiger partial charge is 0.497 e. The summed E-state index contributed by atoms with van der Waals surface area (Å²) in [5, 5.41) is 12.8. The molecule has 1 aliphatic heterocycles. The third-order valence-corrected chi connectivity index (χ3v) is 5.40. The van der Waals surface area contributed by atoms with Crippen LogP contribution in [-0.2, 0) is 11.3 Å². The molecule has 1 amide bonds. The number of rotatable bonds is 6. The Balaban J connectivity index is 1.67. The molecule has 9 heteroatoms. The number of hydrogen-bond donors (Lipinski definition) is 1. The second kappa shape index (κ2) is 8.39. The average Bonchev–Trinajstić information content (AvgIpc) is 3.29. The monoisotopic (exact) mass is 377 g/mol. The molecule has 25 heavy (non-hydrogen) atoms. The number of methoxy groups -OCH3 is 1. The maximum Gasteiger partial charge on any atom is 0.236 e. The summed E-state index contributed by atoms with van der Waals surface area (Å²) in [6.45, 7) is 3.52. The fourth-order valence-corrected chi connectivity index (χ4v) is 3.88. The highest BCUT2D eigenvalue weighted by Gasteiger charge is 2.16. The molecule has 0 spiro atoms. The van der Waals surface area contributed by atoms with E-state index in [-0.39, 0.29) is 11.7 Å². The van der Waals surface area contributed by atoms with Gasteiger partial charge in [0.15, 0.2) is 16.1 Å². The SMILES string of the molecule is CCn1c(SCC(=O)NC2=NCCS2)nnc1-c1ccc(OC)cc1. The second-order valence-electron chi connectivity index (χ2n) is 5.15. The highest BCUT2D eigenvalue weighted by atomic mass is 32.2. The van der Waals surface area contributed by atoms with Gasteiger partial charge in [-0.05, 0) is 31.2 Å². The maximum absolute atomic E-state index is 12.0. The van der Waals surface area contributed by atoms with Gasteiger partial charge in [0, 0.05) is 17.9 Å². The minimum atomic E-state index is -0.0743. The van der Waals surface area contributed by atoms with Crippen LogP contribution in [0, 0.1) is 0 Å². The first-order valence-corrected chi connectivity index (χ1v) is 9.86. The molecule has 0 radical (unpaired) electrons. The Morgan fingerprint density at radius 1 is 1.36 bits per heavy atom. The lowest BCUT2D eigenvalue weighted by molar-refractivity contribution is -0.117. The van der Waals surface area contributed by atoms with Crippen molar-refractivity contribution in [1.29, 1.82) is 0 Å². The molecule has 0 bridgehead atoms. The van der Waals surface area contributed by atoms with E-state index in [4.69, 9.17) is 4.74 Å². The predicted molar refractivity (Wildman–Crippen MR) is 101 cm³/mol. The van der Waals surface area contributed by atoms with Crippen molar-refractivity contribution >= 4 is 34.6 Å². The number of nitrogens with zero attached hydrogens (tertiary/aromatic N) is 4. The van der Waals surface area contributed by atoms with Gasteiger partial charge in [0.1, 0.15) is 5.75 Å². The van der Waals surface area contributed by atoms with E-state index in [9.17, 15) is 4.79 Å². The Bertz CT molecular complexity index is 773. The average molecular weight is 377 g/mol. The van der Waals surface area contributed by atoms with E-state index >= 15 is 0 Å². The van der Waals surface area contributed by atoms with Crippen LogP contribution in [0.25, 0.3) is 11.4 Å². The van der Waals surface area contributed by atoms with Gasteiger partial charge in [-0.3, -0.25) is 9.79 Å². The van der Waals surface area contributed by atoms with Gasteiger partial charge >= 0.3 is 0 Å². The number of nitrogens with one attached hydrogen (secondary N) is 1. The van der Waals surface area contributed by atoms with E-state index in [1.807, 2.05) is 35.8 Å². The molecule has 3 rings (SSSR count). The number of amidine groups is 1. The molecule has 0 saturated heterocycles. The molecule has 2 aromatic rings. The van der Waals surface area contributed by atoms with Gasteiger partial charge in [-0.1, -0.05) is 23.5 Å². The summed E-state index contributed by atoms with van der Waals surface area (Å²) in [4.78, 5) is 16.2. The fraction of sp³-hybridized carbons (Fsp3) is 0.375. The molecule has 0 saturated carbocycles. The number of aromatic nitrogens is 3. The van der Waals surface area contributed by atoms with Crippen molar-refractivity contribution in [2.24, 2.45) is 4.99 Å². The van der Waals surface area contributed by atoms with Crippen LogP contribution in [-0.4, -0.2) is 51.0 Å². The van der Waals surface area contributed by atoms with E-state index in [1.54, 1.807) is 18.9 Å². The lowest BCUT2D eigenvalue weighted by Crippen LogP contribution is -2.29. The van der Waals surface area contributed by atoms with Crippen LogP contribution in [0.15, 0.2) is 34.4 Å². The van der Waals surface area contributed by atoms with E-state index in [0.717, 1.165) is 41.1 Å². The quantitative estimate of drug-likeness (QED) is 0.778. The van der Waals surface area contributed by atoms with Crippen molar-refractivity contribution in [2.45, 2.75) is 18.6 Å². The highest BCUT2D eigenvalue weighted by molar-refractivity contribution is 8.14. The molecule has 1 aliphatic rings. The van der Waals surface area contributed by atoms with Crippen LogP contribution in [0.4, 0.5) is 0 Å². The van der Waals surface area contributed by atoms with E-state index in [0.29, 0.717) is 5.17 Å². The number of amides is 1. The van der Waals surface area contributed by atoms with Crippen molar-refractivity contribution in [3.05, 3.63) is 24.3 Å². The second-order valence-corrected chi connectivity index (χ2v) is 7.18. The number of thioether (sulfide) groups is 2. The van der Waals surface area contributed by atoms with Crippen LogP contribution in [0.3, 0.4) is 0 Å². The lowest BCUT2D eigenvalue weighted by Gasteiger charge is -2.08. The van der Waals surface area contributed by atoms with E-state index < -0.39 is 0 Å². The smallest absolute Gasteiger partial charge is 0.236 e. The summed E-state index contributed by atoms with van der Waals surface area (Å²) >= 11 is 2.94. The summed E-state index contributed by atoms with van der Waals surface area (Å²) in [6, 6.07) is 7.69. The third kappa shape index (κ3) is 4.35. The standard InChI is InChI=1S/C16H19N5O2S2/c1-3-21-14(11-4-6-12(23-2)7-5-11)19-20-16(21)25-10-13(22)18-15-17-8-9-24-15/h4-7H,3,8-10H2,1-2H3,(H,17,18,22). The van der Waals surface area contributed by atoms with Gasteiger partial charge in [0.05, 0.1) is 19.4 Å². The molecule has 132 valence electrons. The molecule has 1 N–H and O–H groups in total.